The third-order valence-electron chi connectivity index (χ3n) is 1.26. The monoisotopic (exact) mass is 102 g/mol. The molecule has 7 N–H and O–H groups in total. The van der Waals surface area contributed by atoms with Crippen LogP contribution in [0.15, 0.2) is 0 Å². The summed E-state index contributed by atoms with van der Waals surface area (Å²) >= 11 is 0. The molecular formula is C3H10N4. The first-order chi connectivity index (χ1) is 2.96. The lowest BCUT2D eigenvalue weighted by Gasteiger charge is -2.00. The maximum Gasteiger partial charge on any atom is 0.152 e. The van der Waals surface area contributed by atoms with Gasteiger partial charge in [-0.1, -0.05) is 0 Å². The quantitative estimate of drug-likeness (QED) is 0.207. The maximum atomic E-state index is 5.38. The van der Waals surface area contributed by atoms with Gasteiger partial charge in [-0.25, -0.2) is 0 Å². The minimum atomic E-state index is -0.826. The molecule has 0 aliphatic carbocycles. The maximum absolute atomic E-state index is 5.38. The molecule has 1 aliphatic rings. The van der Waals surface area contributed by atoms with Crippen molar-refractivity contribution in [2.45, 2.75) is 18.4 Å². The molecule has 0 spiro atoms. The van der Waals surface area contributed by atoms with Crippen LogP contribution in [-0.4, -0.2) is 11.4 Å². The van der Waals surface area contributed by atoms with Crippen LogP contribution in [0.3, 0.4) is 0 Å². The first-order valence-electron chi connectivity index (χ1n) is 2.12. The Kier molecular flexibility index (Phi) is 0.591. The lowest BCUT2D eigenvalue weighted by molar-refractivity contribution is 0.579. The smallest absolute Gasteiger partial charge is 0.152 e. The highest BCUT2D eigenvalue weighted by atomic mass is 15.5. The van der Waals surface area contributed by atoms with Gasteiger partial charge in [0.05, 0.1) is 0 Å². The lowest BCUT2D eigenvalue weighted by Crippen LogP contribution is -2.46. The summed E-state index contributed by atoms with van der Waals surface area (Å²) in [5.74, 6) is -0.826. The normalized spacial score (nSPS) is 46.3. The van der Waals surface area contributed by atoms with Crippen molar-refractivity contribution in [2.24, 2.45) is 17.2 Å². The summed E-state index contributed by atoms with van der Waals surface area (Å²) < 4.78 is 0. The second-order valence-electron chi connectivity index (χ2n) is 2.20. The Labute approximate surface area is 42.0 Å². The Morgan fingerprint density at radius 3 is 1.43 bits per heavy atom. The Bertz CT molecular complexity index is 83.1. The predicted octanol–water partition coefficient (Wildman–Crippen LogP) is -2.16. The van der Waals surface area contributed by atoms with Crippen LogP contribution in [0.4, 0.5) is 0 Å². The highest BCUT2D eigenvalue weighted by Crippen LogP contribution is 2.20. The zero-order valence-corrected chi connectivity index (χ0v) is 4.23. The molecule has 4 heteroatoms. The number of nitrogens with one attached hydrogen (secondary N) is 1. The van der Waals surface area contributed by atoms with E-state index >= 15 is 0 Å². The summed E-state index contributed by atoms with van der Waals surface area (Å²) in [6.07, 6.45) is 0. The van der Waals surface area contributed by atoms with Gasteiger partial charge in [0.1, 0.15) is 5.66 Å². The van der Waals surface area contributed by atoms with Crippen LogP contribution < -0.4 is 22.5 Å². The van der Waals surface area contributed by atoms with E-state index in [4.69, 9.17) is 17.2 Å². The van der Waals surface area contributed by atoms with Crippen LogP contribution in [0.5, 0.6) is 0 Å². The topological polar surface area (TPSA) is 100 Å². The van der Waals surface area contributed by atoms with Gasteiger partial charge in [0.15, 0.2) is 5.79 Å². The van der Waals surface area contributed by atoms with Gasteiger partial charge in [-0.05, 0) is 6.92 Å². The molecule has 1 heterocycles. The van der Waals surface area contributed by atoms with Crippen molar-refractivity contribution in [3.63, 3.8) is 0 Å². The van der Waals surface area contributed by atoms with Crippen molar-refractivity contribution >= 4 is 0 Å². The van der Waals surface area contributed by atoms with Crippen LogP contribution in [0.25, 0.3) is 0 Å². The molecule has 1 unspecified atom stereocenters. The summed E-state index contributed by atoms with van der Waals surface area (Å²) in [6, 6.07) is 0. The van der Waals surface area contributed by atoms with E-state index in [0.717, 1.165) is 0 Å². The van der Waals surface area contributed by atoms with E-state index in [2.05, 4.69) is 5.32 Å². The largest absolute Gasteiger partial charge is 0.310 e. The van der Waals surface area contributed by atoms with E-state index in [1.54, 1.807) is 6.92 Å². The van der Waals surface area contributed by atoms with Gasteiger partial charge in [-0.2, -0.15) is 0 Å². The predicted molar refractivity (Wildman–Crippen MR) is 26.8 cm³/mol. The van der Waals surface area contributed by atoms with Crippen LogP contribution in [0.1, 0.15) is 6.92 Å². The van der Waals surface area contributed by atoms with Crippen molar-refractivity contribution in [2.75, 3.05) is 0 Å². The molecule has 1 fully saturated rings. The van der Waals surface area contributed by atoms with E-state index < -0.39 is 11.4 Å². The van der Waals surface area contributed by atoms with Gasteiger partial charge in [0.25, 0.3) is 0 Å². The molecule has 1 saturated heterocycles. The summed E-state index contributed by atoms with van der Waals surface area (Å²) in [6.45, 7) is 1.74. The molecule has 42 valence electrons. The molecular weight excluding hydrogens is 92.1 g/mol. The molecule has 0 aromatic heterocycles. The first kappa shape index (κ1) is 4.99. The molecule has 0 aromatic carbocycles. The minimum Gasteiger partial charge on any atom is -0.310 e. The first-order valence-corrected chi connectivity index (χ1v) is 2.12. The van der Waals surface area contributed by atoms with Crippen LogP contribution in [0, 0.1) is 0 Å². The standard InChI is InChI=1S/C3H10N4/c1-2(4)3(5,6)7-2/h7H,4-6H2,1H3. The highest BCUT2D eigenvalue weighted by molar-refractivity contribution is 5.13. The second kappa shape index (κ2) is 0.830. The average Bonchev–Trinajstić information content (AvgIpc) is 1.63. The molecule has 1 rings (SSSR count). The van der Waals surface area contributed by atoms with E-state index in [1.807, 2.05) is 0 Å². The lowest BCUT2D eigenvalue weighted by atomic mass is 10.3. The Hall–Kier alpha value is -0.160. The molecule has 7 heavy (non-hydrogen) atoms. The fraction of sp³-hybridized carbons (Fsp3) is 1.00. The SMILES string of the molecule is CC1(N)NC1(N)N. The molecule has 1 atom stereocenters. The van der Waals surface area contributed by atoms with Gasteiger partial charge in [0.2, 0.25) is 0 Å². The second-order valence-corrected chi connectivity index (χ2v) is 2.20. The zero-order chi connectivity index (χ0) is 5.71. The molecule has 1 aliphatic heterocycles. The van der Waals surface area contributed by atoms with Crippen molar-refractivity contribution in [1.82, 2.24) is 5.32 Å². The van der Waals surface area contributed by atoms with Gasteiger partial charge in [-0.15, -0.1) is 0 Å². The summed E-state index contributed by atoms with van der Waals surface area (Å²) in [4.78, 5) is 0. The minimum absolute atomic E-state index is 0.549. The van der Waals surface area contributed by atoms with Crippen LogP contribution in [-0.2, 0) is 0 Å². The van der Waals surface area contributed by atoms with Gasteiger partial charge < -0.3 is 5.73 Å². The van der Waals surface area contributed by atoms with Crippen molar-refractivity contribution < 1.29 is 0 Å². The molecule has 4 nitrogen and oxygen atoms in total. The van der Waals surface area contributed by atoms with E-state index in [9.17, 15) is 0 Å². The third-order valence-corrected chi connectivity index (χ3v) is 1.26. The van der Waals surface area contributed by atoms with Crippen molar-refractivity contribution in [1.29, 1.82) is 0 Å². The molecule has 0 aromatic rings. The van der Waals surface area contributed by atoms with Crippen molar-refractivity contribution in [3.8, 4) is 0 Å². The zero-order valence-electron chi connectivity index (χ0n) is 4.23. The molecule has 0 bridgehead atoms. The molecule has 0 amide bonds. The average molecular weight is 102 g/mol. The third kappa shape index (κ3) is 0.522. The van der Waals surface area contributed by atoms with Crippen LogP contribution in [0.2, 0.25) is 0 Å². The van der Waals surface area contributed by atoms with E-state index in [-0.39, 0.29) is 0 Å². The number of hydrogen-bond acceptors (Lipinski definition) is 4. The molecule has 0 saturated carbocycles. The van der Waals surface area contributed by atoms with Crippen molar-refractivity contribution in [3.05, 3.63) is 0 Å². The fourth-order valence-electron chi connectivity index (χ4n) is 0.398. The number of nitrogens with two attached hydrogens (primary N) is 3. The Balaban J connectivity index is 2.59. The Morgan fingerprint density at radius 1 is 1.29 bits per heavy atom. The number of rotatable bonds is 0. The van der Waals surface area contributed by atoms with Crippen LogP contribution >= 0.6 is 0 Å². The summed E-state index contributed by atoms with van der Waals surface area (Å²) in [5, 5.41) is 2.68. The summed E-state index contributed by atoms with van der Waals surface area (Å²) in [7, 11) is 0. The Morgan fingerprint density at radius 2 is 1.43 bits per heavy atom. The van der Waals surface area contributed by atoms with E-state index in [0.29, 0.717) is 0 Å². The summed E-state index contributed by atoms with van der Waals surface area (Å²) in [5.41, 5.74) is 15.4. The number of hydrogen-bond donors (Lipinski definition) is 4. The molecule has 0 radical (unpaired) electrons. The van der Waals surface area contributed by atoms with Gasteiger partial charge in [0, 0.05) is 0 Å². The van der Waals surface area contributed by atoms with E-state index in [1.165, 1.54) is 0 Å². The highest BCUT2D eigenvalue weighted by Gasteiger charge is 2.56. The van der Waals surface area contributed by atoms with Gasteiger partial charge in [-0.3, -0.25) is 16.8 Å². The fourth-order valence-corrected chi connectivity index (χ4v) is 0.398. The van der Waals surface area contributed by atoms with Gasteiger partial charge >= 0.3 is 0 Å².